The fourth-order valence-electron chi connectivity index (χ4n) is 3.93. The molecule has 1 heterocycles. The van der Waals surface area contributed by atoms with Crippen molar-refractivity contribution in [1.82, 2.24) is 15.3 Å². The number of carbonyl (C=O) groups is 1. The molecule has 0 radical (unpaired) electrons. The van der Waals surface area contributed by atoms with E-state index in [4.69, 9.17) is 0 Å². The molecule has 124 valence electrons. The number of aryl methyl sites for hydroxylation is 1. The van der Waals surface area contributed by atoms with E-state index in [1.165, 1.54) is 12.8 Å². The van der Waals surface area contributed by atoms with E-state index in [1.807, 2.05) is 24.3 Å². The van der Waals surface area contributed by atoms with Crippen LogP contribution in [0.15, 0.2) is 41.2 Å². The van der Waals surface area contributed by atoms with E-state index in [0.717, 1.165) is 23.5 Å². The Morgan fingerprint density at radius 3 is 2.92 bits per heavy atom. The average molecular weight is 323 g/mol. The highest BCUT2D eigenvalue weighted by atomic mass is 16.1. The fourth-order valence-corrected chi connectivity index (χ4v) is 3.93. The third kappa shape index (κ3) is 2.98. The summed E-state index contributed by atoms with van der Waals surface area (Å²) in [6.07, 6.45) is 7.70. The first-order valence-corrected chi connectivity index (χ1v) is 8.62. The molecule has 2 aromatic rings. The second-order valence-corrected chi connectivity index (χ2v) is 6.87. The average Bonchev–Trinajstić information content (AvgIpc) is 3.21. The lowest BCUT2D eigenvalue weighted by Crippen LogP contribution is -2.31. The Labute approximate surface area is 140 Å². The molecule has 2 N–H and O–H groups in total. The van der Waals surface area contributed by atoms with Crippen molar-refractivity contribution in [3.8, 4) is 0 Å². The maximum absolute atomic E-state index is 12.1. The Morgan fingerprint density at radius 1 is 1.25 bits per heavy atom. The maximum Gasteiger partial charge on any atom is 0.270 e. The topological polar surface area (TPSA) is 74.8 Å². The molecule has 1 amide bonds. The highest BCUT2D eigenvalue weighted by molar-refractivity contribution is 5.76. The molecule has 4 rings (SSSR count). The lowest BCUT2D eigenvalue weighted by Gasteiger charge is -2.18. The highest BCUT2D eigenvalue weighted by Crippen LogP contribution is 2.42. The van der Waals surface area contributed by atoms with Gasteiger partial charge in [0.1, 0.15) is 5.69 Å². The normalized spacial score (nSPS) is 24.6. The van der Waals surface area contributed by atoms with E-state index in [9.17, 15) is 9.59 Å². The molecule has 3 atom stereocenters. The number of H-pyrrole nitrogens is 1. The number of aromatic amines is 1. The first kappa shape index (κ1) is 15.1. The summed E-state index contributed by atoms with van der Waals surface area (Å²) in [4.78, 5) is 31.3. The van der Waals surface area contributed by atoms with E-state index >= 15 is 0 Å². The SMILES string of the molecule is O=C(CCc1nc2ccccc2[nH]c1=O)NC[C@@H]1C[C@H]2C=C[C@H]1C2. The second-order valence-electron chi connectivity index (χ2n) is 6.87. The van der Waals surface area contributed by atoms with E-state index in [1.54, 1.807) is 0 Å². The Morgan fingerprint density at radius 2 is 2.12 bits per heavy atom. The van der Waals surface area contributed by atoms with Crippen LogP contribution in [0.3, 0.4) is 0 Å². The van der Waals surface area contributed by atoms with Crippen molar-refractivity contribution in [3.63, 3.8) is 0 Å². The molecule has 0 saturated heterocycles. The molecular formula is C19H21N3O2. The monoisotopic (exact) mass is 323 g/mol. The number of allylic oxidation sites excluding steroid dienone is 2. The summed E-state index contributed by atoms with van der Waals surface area (Å²) in [5, 5.41) is 3.02. The van der Waals surface area contributed by atoms with E-state index in [0.29, 0.717) is 30.4 Å². The van der Waals surface area contributed by atoms with Crippen LogP contribution in [-0.2, 0) is 11.2 Å². The molecule has 0 unspecified atom stereocenters. The number of benzene rings is 1. The largest absolute Gasteiger partial charge is 0.356 e. The first-order valence-electron chi connectivity index (χ1n) is 8.62. The van der Waals surface area contributed by atoms with Gasteiger partial charge in [-0.3, -0.25) is 9.59 Å². The van der Waals surface area contributed by atoms with E-state index in [-0.39, 0.29) is 11.5 Å². The van der Waals surface area contributed by atoms with Gasteiger partial charge < -0.3 is 10.3 Å². The van der Waals surface area contributed by atoms with Crippen LogP contribution in [0.1, 0.15) is 25.0 Å². The number of rotatable bonds is 5. The molecule has 0 spiro atoms. The van der Waals surface area contributed by atoms with Gasteiger partial charge >= 0.3 is 0 Å². The van der Waals surface area contributed by atoms with Gasteiger partial charge in [-0.15, -0.1) is 0 Å². The van der Waals surface area contributed by atoms with Crippen LogP contribution in [0.5, 0.6) is 0 Å². The Hall–Kier alpha value is -2.43. The van der Waals surface area contributed by atoms with Crippen LogP contribution in [0.2, 0.25) is 0 Å². The van der Waals surface area contributed by atoms with Crippen molar-refractivity contribution in [1.29, 1.82) is 0 Å². The predicted molar refractivity (Wildman–Crippen MR) is 92.5 cm³/mol. The lowest BCUT2D eigenvalue weighted by molar-refractivity contribution is -0.121. The maximum atomic E-state index is 12.1. The molecule has 2 bridgehead atoms. The van der Waals surface area contributed by atoms with Crippen LogP contribution >= 0.6 is 0 Å². The minimum absolute atomic E-state index is 0.00360. The quantitative estimate of drug-likeness (QED) is 0.828. The van der Waals surface area contributed by atoms with Crippen molar-refractivity contribution in [2.75, 3.05) is 6.54 Å². The zero-order valence-corrected chi connectivity index (χ0v) is 13.5. The Bertz CT molecular complexity index is 855. The number of carbonyl (C=O) groups excluding carboxylic acids is 1. The zero-order valence-electron chi connectivity index (χ0n) is 13.5. The number of nitrogens with one attached hydrogen (secondary N) is 2. The molecule has 5 heteroatoms. The Balaban J connectivity index is 1.33. The van der Waals surface area contributed by atoms with Crippen LogP contribution in [0, 0.1) is 17.8 Å². The summed E-state index contributed by atoms with van der Waals surface area (Å²) >= 11 is 0. The smallest absolute Gasteiger partial charge is 0.270 e. The van der Waals surface area contributed by atoms with Crippen molar-refractivity contribution in [2.45, 2.75) is 25.7 Å². The predicted octanol–water partition coefficient (Wildman–Crippen LogP) is 2.18. The standard InChI is InChI=1S/C19H21N3O2/c23-18(20-11-14-10-12-5-6-13(14)9-12)8-7-17-19(24)22-16-4-2-1-3-15(16)21-17/h1-6,12-14H,7-11H2,(H,20,23)(H,22,24)/t12-,13-,14-/m0/s1. The number of hydrogen-bond donors (Lipinski definition) is 2. The second kappa shape index (κ2) is 6.23. The van der Waals surface area contributed by atoms with Gasteiger partial charge in [0, 0.05) is 19.4 Å². The van der Waals surface area contributed by atoms with Crippen LogP contribution in [-0.4, -0.2) is 22.4 Å². The summed E-state index contributed by atoms with van der Waals surface area (Å²) in [5.74, 6) is 1.93. The number of fused-ring (bicyclic) bond motifs is 3. The molecular weight excluding hydrogens is 302 g/mol. The summed E-state index contributed by atoms with van der Waals surface area (Å²) < 4.78 is 0. The molecule has 5 nitrogen and oxygen atoms in total. The Kier molecular flexibility index (Phi) is 3.92. The van der Waals surface area contributed by atoms with Gasteiger partial charge in [-0.1, -0.05) is 24.3 Å². The van der Waals surface area contributed by atoms with Crippen LogP contribution in [0.4, 0.5) is 0 Å². The van der Waals surface area contributed by atoms with Crippen molar-refractivity contribution >= 4 is 16.9 Å². The number of para-hydroxylation sites is 2. The van der Waals surface area contributed by atoms with Gasteiger partial charge in [-0.25, -0.2) is 4.98 Å². The third-order valence-electron chi connectivity index (χ3n) is 5.24. The number of amides is 1. The minimum Gasteiger partial charge on any atom is -0.356 e. The molecule has 2 aliphatic carbocycles. The minimum atomic E-state index is -0.209. The van der Waals surface area contributed by atoms with Gasteiger partial charge in [0.05, 0.1) is 11.0 Å². The first-order chi connectivity index (χ1) is 11.7. The van der Waals surface area contributed by atoms with Gasteiger partial charge in [0.25, 0.3) is 5.56 Å². The summed E-state index contributed by atoms with van der Waals surface area (Å²) in [7, 11) is 0. The van der Waals surface area contributed by atoms with E-state index in [2.05, 4.69) is 27.4 Å². The van der Waals surface area contributed by atoms with Crippen molar-refractivity contribution < 1.29 is 4.79 Å². The van der Waals surface area contributed by atoms with Crippen molar-refractivity contribution in [3.05, 3.63) is 52.5 Å². The highest BCUT2D eigenvalue weighted by Gasteiger charge is 2.35. The van der Waals surface area contributed by atoms with Gasteiger partial charge in [-0.05, 0) is 42.7 Å². The molecule has 2 aliphatic rings. The fraction of sp³-hybridized carbons (Fsp3) is 0.421. The van der Waals surface area contributed by atoms with Crippen molar-refractivity contribution in [2.24, 2.45) is 17.8 Å². The molecule has 1 fully saturated rings. The third-order valence-corrected chi connectivity index (χ3v) is 5.24. The van der Waals surface area contributed by atoms with Gasteiger partial charge in [0.15, 0.2) is 0 Å². The van der Waals surface area contributed by atoms with Gasteiger partial charge in [-0.2, -0.15) is 0 Å². The summed E-state index contributed by atoms with van der Waals surface area (Å²) in [6.45, 7) is 0.742. The van der Waals surface area contributed by atoms with E-state index < -0.39 is 0 Å². The van der Waals surface area contributed by atoms with Gasteiger partial charge in [0.2, 0.25) is 5.91 Å². The summed E-state index contributed by atoms with van der Waals surface area (Å²) in [5.41, 5.74) is 1.69. The number of hydrogen-bond acceptors (Lipinski definition) is 3. The summed E-state index contributed by atoms with van der Waals surface area (Å²) in [6, 6.07) is 7.42. The van der Waals surface area contributed by atoms with Crippen LogP contribution < -0.4 is 10.9 Å². The molecule has 24 heavy (non-hydrogen) atoms. The molecule has 0 aliphatic heterocycles. The molecule has 1 aromatic heterocycles. The van der Waals surface area contributed by atoms with Crippen LogP contribution in [0.25, 0.3) is 11.0 Å². The zero-order chi connectivity index (χ0) is 16.5. The number of aromatic nitrogens is 2. The number of nitrogens with zero attached hydrogens (tertiary/aromatic N) is 1. The molecule has 1 saturated carbocycles. The lowest BCUT2D eigenvalue weighted by atomic mass is 9.93. The molecule has 1 aromatic carbocycles.